The average molecular weight is 276 g/mol. The quantitative estimate of drug-likeness (QED) is 0.419. The second-order valence-electron chi connectivity index (χ2n) is 7.39. The molecule has 0 heterocycles. The Bertz CT molecular complexity index is 504. The number of methoxy groups -OCH3 is 1. The highest BCUT2D eigenvalue weighted by molar-refractivity contribution is 6.12. The minimum atomic E-state index is -0.916. The molecule has 3 atom stereocenters. The average Bonchev–Trinajstić information content (AvgIpc) is 3.01. The number of hydrogen-bond acceptors (Lipinski definition) is 3. The van der Waals surface area contributed by atoms with Gasteiger partial charge in [-0.15, -0.1) is 0 Å². The van der Waals surface area contributed by atoms with Gasteiger partial charge in [0.1, 0.15) is 5.41 Å². The molecule has 3 heteroatoms. The summed E-state index contributed by atoms with van der Waals surface area (Å²) >= 11 is 0. The molecule has 3 aliphatic rings. The summed E-state index contributed by atoms with van der Waals surface area (Å²) in [6, 6.07) is 0. The fourth-order valence-corrected chi connectivity index (χ4v) is 5.21. The minimum Gasteiger partial charge on any atom is -0.468 e. The Labute approximate surface area is 120 Å². The molecule has 0 radical (unpaired) electrons. The minimum absolute atomic E-state index is 0.0937. The highest BCUT2D eigenvalue weighted by Crippen LogP contribution is 2.81. The van der Waals surface area contributed by atoms with Crippen molar-refractivity contribution in [1.82, 2.24) is 0 Å². The number of carbonyl (C=O) groups is 2. The van der Waals surface area contributed by atoms with Crippen molar-refractivity contribution < 1.29 is 14.3 Å². The van der Waals surface area contributed by atoms with Crippen molar-refractivity contribution in [2.24, 2.45) is 22.2 Å². The number of ether oxygens (including phenoxy) is 1. The van der Waals surface area contributed by atoms with Gasteiger partial charge in [-0.25, -0.2) is 0 Å². The molecule has 1 spiro atoms. The van der Waals surface area contributed by atoms with Gasteiger partial charge in [0.25, 0.3) is 0 Å². The maximum atomic E-state index is 13.1. The zero-order valence-corrected chi connectivity index (χ0v) is 12.8. The second-order valence-corrected chi connectivity index (χ2v) is 7.39. The van der Waals surface area contributed by atoms with E-state index < -0.39 is 10.8 Å². The third-order valence-electron chi connectivity index (χ3n) is 6.21. The van der Waals surface area contributed by atoms with Crippen LogP contribution in [0, 0.1) is 22.2 Å². The van der Waals surface area contributed by atoms with E-state index in [-0.39, 0.29) is 23.1 Å². The number of esters is 1. The van der Waals surface area contributed by atoms with Gasteiger partial charge in [-0.05, 0) is 38.0 Å². The van der Waals surface area contributed by atoms with Crippen LogP contribution in [0.25, 0.3) is 0 Å². The van der Waals surface area contributed by atoms with E-state index in [1.165, 1.54) is 7.11 Å². The molecule has 0 aromatic rings. The van der Waals surface area contributed by atoms with Crippen LogP contribution in [0.3, 0.4) is 0 Å². The first-order valence-electron chi connectivity index (χ1n) is 7.67. The molecular weight excluding hydrogens is 252 g/mol. The predicted molar refractivity (Wildman–Crippen MR) is 76.0 cm³/mol. The van der Waals surface area contributed by atoms with Crippen molar-refractivity contribution in [2.75, 3.05) is 7.11 Å². The molecule has 3 aliphatic carbocycles. The molecule has 0 bridgehead atoms. The molecule has 3 saturated carbocycles. The van der Waals surface area contributed by atoms with Gasteiger partial charge in [-0.2, -0.15) is 0 Å². The van der Waals surface area contributed by atoms with Gasteiger partial charge >= 0.3 is 5.97 Å². The number of carbonyl (C=O) groups excluding carboxylic acids is 2. The summed E-state index contributed by atoms with van der Waals surface area (Å²) in [6.45, 7) is 8.17. The Morgan fingerprint density at radius 1 is 1.30 bits per heavy atom. The van der Waals surface area contributed by atoms with Crippen molar-refractivity contribution in [3.63, 3.8) is 0 Å². The highest BCUT2D eigenvalue weighted by Gasteiger charge is 2.86. The molecule has 0 N–H and O–H groups in total. The molecule has 0 aromatic heterocycles. The molecule has 110 valence electrons. The van der Waals surface area contributed by atoms with Gasteiger partial charge in [0.15, 0.2) is 5.78 Å². The summed E-state index contributed by atoms with van der Waals surface area (Å²) in [5.74, 6) is -0.0877. The Hall–Kier alpha value is -1.12. The van der Waals surface area contributed by atoms with Crippen molar-refractivity contribution in [3.8, 4) is 0 Å². The zero-order valence-electron chi connectivity index (χ0n) is 12.8. The summed E-state index contributed by atoms with van der Waals surface area (Å²) in [7, 11) is 1.40. The summed E-state index contributed by atoms with van der Waals surface area (Å²) in [4.78, 5) is 25.7. The normalized spacial score (nSPS) is 42.2. The van der Waals surface area contributed by atoms with E-state index in [0.29, 0.717) is 0 Å². The van der Waals surface area contributed by atoms with Crippen LogP contribution in [0.4, 0.5) is 0 Å². The van der Waals surface area contributed by atoms with Gasteiger partial charge in [-0.3, -0.25) is 9.59 Å². The van der Waals surface area contributed by atoms with Crippen molar-refractivity contribution >= 4 is 11.8 Å². The summed E-state index contributed by atoms with van der Waals surface area (Å²) < 4.78 is 5.07. The van der Waals surface area contributed by atoms with Gasteiger partial charge in [0.05, 0.1) is 7.11 Å². The van der Waals surface area contributed by atoms with Crippen LogP contribution < -0.4 is 0 Å². The van der Waals surface area contributed by atoms with Crippen molar-refractivity contribution in [2.45, 2.75) is 52.4 Å². The lowest BCUT2D eigenvalue weighted by molar-refractivity contribution is -0.158. The number of hydrogen-bond donors (Lipinski definition) is 0. The van der Waals surface area contributed by atoms with Gasteiger partial charge in [0.2, 0.25) is 0 Å². The van der Waals surface area contributed by atoms with Crippen LogP contribution in [0.5, 0.6) is 0 Å². The molecule has 3 rings (SSSR count). The van der Waals surface area contributed by atoms with Crippen molar-refractivity contribution in [1.29, 1.82) is 0 Å². The third-order valence-corrected chi connectivity index (χ3v) is 6.21. The van der Waals surface area contributed by atoms with Crippen LogP contribution in [0.15, 0.2) is 12.2 Å². The van der Waals surface area contributed by atoms with Gasteiger partial charge in [-0.1, -0.05) is 32.4 Å². The van der Waals surface area contributed by atoms with E-state index in [4.69, 9.17) is 4.74 Å². The Balaban J connectivity index is 2.13. The van der Waals surface area contributed by atoms with E-state index >= 15 is 0 Å². The molecule has 0 saturated heterocycles. The van der Waals surface area contributed by atoms with Crippen molar-refractivity contribution in [3.05, 3.63) is 12.2 Å². The largest absolute Gasteiger partial charge is 0.468 e. The van der Waals surface area contributed by atoms with E-state index in [2.05, 4.69) is 6.58 Å². The zero-order chi connectivity index (χ0) is 14.8. The predicted octanol–water partition coefficient (Wildman–Crippen LogP) is 3.28. The maximum absolute atomic E-state index is 13.1. The van der Waals surface area contributed by atoms with E-state index in [1.807, 2.05) is 13.8 Å². The molecule has 3 fully saturated rings. The number of allylic oxidation sites excluding steroid dienone is 1. The molecule has 0 unspecified atom stereocenters. The Morgan fingerprint density at radius 3 is 2.60 bits per heavy atom. The van der Waals surface area contributed by atoms with Crippen LogP contribution in [-0.4, -0.2) is 18.9 Å². The molecular formula is C17H24O3. The molecule has 3 nitrogen and oxygen atoms in total. The second kappa shape index (κ2) is 3.96. The lowest BCUT2D eigenvalue weighted by Crippen LogP contribution is -2.44. The summed E-state index contributed by atoms with van der Waals surface area (Å²) in [6.07, 6.45) is 5.89. The summed E-state index contributed by atoms with van der Waals surface area (Å²) in [5, 5.41) is 0. The van der Waals surface area contributed by atoms with Gasteiger partial charge in [0, 0.05) is 10.8 Å². The smallest absolute Gasteiger partial charge is 0.320 e. The Morgan fingerprint density at radius 2 is 2.00 bits per heavy atom. The fourth-order valence-electron chi connectivity index (χ4n) is 5.21. The third kappa shape index (κ3) is 1.27. The number of fused-ring (bicyclic) bond motifs is 3. The first-order chi connectivity index (χ1) is 9.35. The molecule has 0 aliphatic heterocycles. The number of rotatable bonds is 1. The maximum Gasteiger partial charge on any atom is 0.320 e. The first-order valence-corrected chi connectivity index (χ1v) is 7.67. The lowest BCUT2D eigenvalue weighted by atomic mass is 9.68. The first kappa shape index (κ1) is 13.8. The standard InChI is InChI=1S/C17H24O3/c1-11-7-5-6-9-16(11)12-8-10-15(2,3)13(18)17(12,16)14(19)20-4/h12H,1,5-10H2,2-4H3/t12-,16+,17+/m0/s1. The topological polar surface area (TPSA) is 43.4 Å². The highest BCUT2D eigenvalue weighted by atomic mass is 16.5. The fraction of sp³-hybridized carbons (Fsp3) is 0.765. The molecule has 0 amide bonds. The number of Topliss-reactive ketones (excluding diaryl/α,β-unsaturated/α-hetero) is 1. The molecule has 20 heavy (non-hydrogen) atoms. The van der Waals surface area contributed by atoms with Crippen LogP contribution in [-0.2, 0) is 14.3 Å². The lowest BCUT2D eigenvalue weighted by Gasteiger charge is -2.34. The SMILES string of the molecule is C=C1CCCC[C@]12[C@@H]1CCC(C)(C)C(=O)[C@@]12C(=O)OC. The van der Waals surface area contributed by atoms with Crippen LogP contribution in [0.1, 0.15) is 52.4 Å². The number of ketones is 1. The van der Waals surface area contributed by atoms with Crippen LogP contribution >= 0.6 is 0 Å². The van der Waals surface area contributed by atoms with E-state index in [0.717, 1.165) is 44.1 Å². The van der Waals surface area contributed by atoms with E-state index in [1.54, 1.807) is 0 Å². The summed E-state index contributed by atoms with van der Waals surface area (Å²) in [5.41, 5.74) is -0.513. The monoisotopic (exact) mass is 276 g/mol. The molecule has 0 aromatic carbocycles. The van der Waals surface area contributed by atoms with Crippen LogP contribution in [0.2, 0.25) is 0 Å². The van der Waals surface area contributed by atoms with Gasteiger partial charge < -0.3 is 4.74 Å². The Kier molecular flexibility index (Phi) is 2.74. The van der Waals surface area contributed by atoms with E-state index in [9.17, 15) is 9.59 Å².